The van der Waals surface area contributed by atoms with Crippen LogP contribution in [0.1, 0.15) is 33.5 Å². The van der Waals surface area contributed by atoms with E-state index in [0.717, 1.165) is 43.7 Å². The number of hydrogen-bond donors (Lipinski definition) is 1. The minimum atomic E-state index is 0.000780. The summed E-state index contributed by atoms with van der Waals surface area (Å²) in [5.41, 5.74) is 4.05. The molecule has 0 radical (unpaired) electrons. The van der Waals surface area contributed by atoms with Gasteiger partial charge in [0.2, 0.25) is 5.91 Å². The van der Waals surface area contributed by atoms with Crippen molar-refractivity contribution in [2.75, 3.05) is 39.3 Å². The van der Waals surface area contributed by atoms with Gasteiger partial charge in [0.25, 0.3) is 5.91 Å². The normalized spacial score (nSPS) is 13.9. The zero-order valence-corrected chi connectivity index (χ0v) is 17.5. The molecule has 1 fully saturated rings. The Balaban J connectivity index is 1.69. The maximum Gasteiger partial charge on any atom is 0.253 e. The van der Waals surface area contributed by atoms with Gasteiger partial charge in [-0.2, -0.15) is 0 Å². The van der Waals surface area contributed by atoms with Crippen LogP contribution in [-0.2, 0) is 11.2 Å². The molecule has 0 saturated carbocycles. The predicted octanol–water partition coefficient (Wildman–Crippen LogP) is 2.81. The first-order valence-electron chi connectivity index (χ1n) is 10.4. The van der Waals surface area contributed by atoms with Crippen molar-refractivity contribution >= 4 is 11.8 Å². The lowest BCUT2D eigenvalue weighted by atomic mass is 10.1. The lowest BCUT2D eigenvalue weighted by Gasteiger charge is -2.29. The van der Waals surface area contributed by atoms with E-state index in [9.17, 15) is 9.59 Å². The topological polar surface area (TPSA) is 52.7 Å². The van der Waals surface area contributed by atoms with Gasteiger partial charge in [-0.25, -0.2) is 0 Å². The lowest BCUT2D eigenvalue weighted by molar-refractivity contribution is -0.131. The first-order chi connectivity index (χ1) is 14.0. The van der Waals surface area contributed by atoms with Crippen LogP contribution in [0.15, 0.2) is 48.5 Å². The molecule has 0 spiro atoms. The summed E-state index contributed by atoms with van der Waals surface area (Å²) in [4.78, 5) is 29.6. The van der Waals surface area contributed by atoms with Crippen molar-refractivity contribution in [3.05, 3.63) is 70.8 Å². The van der Waals surface area contributed by atoms with E-state index >= 15 is 0 Å². The van der Waals surface area contributed by atoms with Crippen molar-refractivity contribution < 1.29 is 9.59 Å². The van der Waals surface area contributed by atoms with E-state index in [0.29, 0.717) is 25.1 Å². The van der Waals surface area contributed by atoms with Crippen LogP contribution >= 0.6 is 0 Å². The number of piperazine rings is 1. The number of nitrogens with zero attached hydrogens (tertiary/aromatic N) is 2. The van der Waals surface area contributed by atoms with Gasteiger partial charge in [0.15, 0.2) is 0 Å². The van der Waals surface area contributed by atoms with E-state index in [1.54, 1.807) is 0 Å². The smallest absolute Gasteiger partial charge is 0.253 e. The van der Waals surface area contributed by atoms with Gasteiger partial charge in [0, 0.05) is 51.3 Å². The highest BCUT2D eigenvalue weighted by Crippen LogP contribution is 2.13. The Labute approximate surface area is 173 Å². The molecular formula is C24H31N3O2. The molecule has 5 nitrogen and oxygen atoms in total. The Hall–Kier alpha value is -2.66. The molecule has 0 aliphatic carbocycles. The molecule has 0 bridgehead atoms. The first kappa shape index (κ1) is 21.1. The number of amides is 2. The van der Waals surface area contributed by atoms with Crippen LogP contribution < -0.4 is 5.32 Å². The molecule has 1 saturated heterocycles. The average Bonchev–Trinajstić information content (AvgIpc) is 2.74. The Kier molecular flexibility index (Phi) is 7.42. The molecule has 29 heavy (non-hydrogen) atoms. The molecule has 1 N–H and O–H groups in total. The molecule has 0 unspecified atom stereocenters. The maximum atomic E-state index is 13.3. The fourth-order valence-corrected chi connectivity index (χ4v) is 3.81. The minimum absolute atomic E-state index is 0.000780. The number of nitrogens with one attached hydrogen (secondary N) is 1. The van der Waals surface area contributed by atoms with Gasteiger partial charge in [0.05, 0.1) is 0 Å². The van der Waals surface area contributed by atoms with Gasteiger partial charge >= 0.3 is 0 Å². The first-order valence-corrected chi connectivity index (χ1v) is 10.4. The van der Waals surface area contributed by atoms with Gasteiger partial charge in [-0.1, -0.05) is 47.5 Å². The summed E-state index contributed by atoms with van der Waals surface area (Å²) in [7, 11) is 0. The summed E-state index contributed by atoms with van der Waals surface area (Å²) in [6, 6.07) is 16.1. The van der Waals surface area contributed by atoms with E-state index in [-0.39, 0.29) is 11.8 Å². The highest BCUT2D eigenvalue weighted by atomic mass is 16.2. The Morgan fingerprint density at radius 2 is 1.62 bits per heavy atom. The number of benzene rings is 2. The molecular weight excluding hydrogens is 362 g/mol. The number of rotatable bonds is 7. The molecule has 1 heterocycles. The van der Waals surface area contributed by atoms with Crippen molar-refractivity contribution in [2.24, 2.45) is 0 Å². The molecule has 2 amide bonds. The van der Waals surface area contributed by atoms with Crippen molar-refractivity contribution in [2.45, 2.75) is 26.7 Å². The molecule has 2 aromatic rings. The number of carbonyl (C=O) groups excluding carboxylic acids is 2. The summed E-state index contributed by atoms with van der Waals surface area (Å²) in [6.45, 7) is 8.22. The van der Waals surface area contributed by atoms with Crippen molar-refractivity contribution in [3.8, 4) is 0 Å². The third kappa shape index (κ3) is 6.16. The summed E-state index contributed by atoms with van der Waals surface area (Å²) in [6.07, 6.45) is 1.14. The third-order valence-corrected chi connectivity index (χ3v) is 5.33. The fraction of sp³-hybridized carbons (Fsp3) is 0.417. The number of carbonyl (C=O) groups is 2. The molecule has 0 atom stereocenters. The Bertz CT molecular complexity index is 809. The van der Waals surface area contributed by atoms with Crippen molar-refractivity contribution in [1.82, 2.24) is 15.1 Å². The van der Waals surface area contributed by atoms with Crippen LogP contribution in [0.4, 0.5) is 0 Å². The lowest BCUT2D eigenvalue weighted by Crippen LogP contribution is -2.47. The van der Waals surface area contributed by atoms with E-state index in [1.165, 1.54) is 5.56 Å². The molecule has 1 aliphatic rings. The monoisotopic (exact) mass is 393 g/mol. The van der Waals surface area contributed by atoms with Gasteiger partial charge < -0.3 is 15.1 Å². The van der Waals surface area contributed by atoms with Gasteiger partial charge in [0.1, 0.15) is 0 Å². The Morgan fingerprint density at radius 1 is 0.966 bits per heavy atom. The largest absolute Gasteiger partial charge is 0.340 e. The van der Waals surface area contributed by atoms with Gasteiger partial charge in [-0.05, 0) is 38.0 Å². The average molecular weight is 394 g/mol. The van der Waals surface area contributed by atoms with E-state index < -0.39 is 0 Å². The highest BCUT2D eigenvalue weighted by Gasteiger charge is 2.21. The second-order valence-electron chi connectivity index (χ2n) is 7.78. The van der Waals surface area contributed by atoms with Crippen LogP contribution in [0.3, 0.4) is 0 Å². The van der Waals surface area contributed by atoms with E-state index in [4.69, 9.17) is 0 Å². The fourth-order valence-electron chi connectivity index (χ4n) is 3.81. The van der Waals surface area contributed by atoms with Crippen LogP contribution in [-0.4, -0.2) is 60.9 Å². The summed E-state index contributed by atoms with van der Waals surface area (Å²) < 4.78 is 0. The van der Waals surface area contributed by atoms with Crippen LogP contribution in [0.25, 0.3) is 0 Å². The van der Waals surface area contributed by atoms with Crippen LogP contribution in [0.2, 0.25) is 0 Å². The van der Waals surface area contributed by atoms with Crippen molar-refractivity contribution in [1.29, 1.82) is 0 Å². The quantitative estimate of drug-likeness (QED) is 0.787. The zero-order chi connectivity index (χ0) is 20.6. The highest BCUT2D eigenvalue weighted by molar-refractivity contribution is 5.95. The van der Waals surface area contributed by atoms with E-state index in [1.807, 2.05) is 54.0 Å². The second-order valence-corrected chi connectivity index (χ2v) is 7.78. The second kappa shape index (κ2) is 10.2. The zero-order valence-electron chi connectivity index (χ0n) is 17.5. The SMILES string of the molecule is Cc1cc(C)cc(C(=O)N(CCC(=O)N2CCNCC2)CCc2ccccc2)c1. The number of aryl methyl sites for hydroxylation is 2. The summed E-state index contributed by atoms with van der Waals surface area (Å²) in [5.74, 6) is 0.130. The van der Waals surface area contributed by atoms with Crippen LogP contribution in [0, 0.1) is 13.8 Å². The molecule has 2 aromatic carbocycles. The van der Waals surface area contributed by atoms with E-state index in [2.05, 4.69) is 23.5 Å². The molecule has 3 rings (SSSR count). The third-order valence-electron chi connectivity index (χ3n) is 5.33. The van der Waals surface area contributed by atoms with Gasteiger partial charge in [-0.3, -0.25) is 9.59 Å². The maximum absolute atomic E-state index is 13.3. The standard InChI is InChI=1S/C24H31N3O2/c1-19-16-20(2)18-22(17-19)24(29)27(12-8-21-6-4-3-5-7-21)13-9-23(28)26-14-10-25-11-15-26/h3-7,16-18,25H,8-15H2,1-2H3. The van der Waals surface area contributed by atoms with Gasteiger partial charge in [-0.15, -0.1) is 0 Å². The predicted molar refractivity (Wildman–Crippen MR) is 116 cm³/mol. The Morgan fingerprint density at radius 3 is 2.28 bits per heavy atom. The minimum Gasteiger partial charge on any atom is -0.340 e. The summed E-state index contributed by atoms with van der Waals surface area (Å²) >= 11 is 0. The molecule has 154 valence electrons. The molecule has 0 aromatic heterocycles. The molecule has 5 heteroatoms. The molecule has 1 aliphatic heterocycles. The number of hydrogen-bond acceptors (Lipinski definition) is 3. The van der Waals surface area contributed by atoms with Crippen LogP contribution in [0.5, 0.6) is 0 Å². The summed E-state index contributed by atoms with van der Waals surface area (Å²) in [5, 5.41) is 3.26. The van der Waals surface area contributed by atoms with Crippen molar-refractivity contribution in [3.63, 3.8) is 0 Å².